The molecule has 0 radical (unpaired) electrons. The standard InChI is InChI=1S/C26H26N4O3S2/c1-3-21(24(31)29-26-28-20(15-35-26)22-10-7-13-34-22)33-25(32)23-16-8-5-6-9-18(16)27-19-11-12-30(4-2)14-17(19)23/h5-10,13,15,21H,3-4,11-12,14H2,1-2H3,(H,28,29,31). The van der Waals surface area contributed by atoms with Crippen LogP contribution in [-0.2, 0) is 22.5 Å². The minimum atomic E-state index is -0.926. The first kappa shape index (κ1) is 23.6. The van der Waals surface area contributed by atoms with Crippen LogP contribution >= 0.6 is 22.7 Å². The van der Waals surface area contributed by atoms with Crippen LogP contribution in [0.2, 0.25) is 0 Å². The van der Waals surface area contributed by atoms with Gasteiger partial charge in [0.1, 0.15) is 0 Å². The van der Waals surface area contributed by atoms with Gasteiger partial charge in [-0.05, 0) is 30.5 Å². The molecule has 1 N–H and O–H groups in total. The van der Waals surface area contributed by atoms with Crippen molar-refractivity contribution in [1.82, 2.24) is 14.9 Å². The Morgan fingerprint density at radius 3 is 2.77 bits per heavy atom. The van der Waals surface area contributed by atoms with Gasteiger partial charge in [-0.3, -0.25) is 20.0 Å². The molecule has 5 rings (SSSR count). The zero-order valence-electron chi connectivity index (χ0n) is 19.6. The highest BCUT2D eigenvalue weighted by molar-refractivity contribution is 7.16. The summed E-state index contributed by atoms with van der Waals surface area (Å²) in [4.78, 5) is 39.2. The molecule has 0 bridgehead atoms. The van der Waals surface area contributed by atoms with Gasteiger partial charge in [-0.1, -0.05) is 38.1 Å². The maximum atomic E-state index is 13.6. The second-order valence-electron chi connectivity index (χ2n) is 8.35. The molecule has 1 atom stereocenters. The van der Waals surface area contributed by atoms with Crippen molar-refractivity contribution in [2.24, 2.45) is 0 Å². The van der Waals surface area contributed by atoms with E-state index in [9.17, 15) is 9.59 Å². The SMILES string of the molecule is CCC(OC(=O)c1c2c(nc3ccccc13)CCN(CC)C2)C(=O)Nc1nc(-c2cccs2)cs1. The quantitative estimate of drug-likeness (QED) is 0.339. The summed E-state index contributed by atoms with van der Waals surface area (Å²) in [6.07, 6.45) is 0.209. The Kier molecular flexibility index (Phi) is 6.90. The van der Waals surface area contributed by atoms with Gasteiger partial charge in [0.15, 0.2) is 11.2 Å². The predicted molar refractivity (Wildman–Crippen MR) is 140 cm³/mol. The number of nitrogens with zero attached hydrogens (tertiary/aromatic N) is 3. The number of fused-ring (bicyclic) bond motifs is 2. The molecule has 7 nitrogen and oxygen atoms in total. The molecule has 3 aromatic heterocycles. The molecule has 1 aliphatic rings. The maximum Gasteiger partial charge on any atom is 0.340 e. The van der Waals surface area contributed by atoms with Crippen LogP contribution in [0, 0.1) is 0 Å². The number of carbonyl (C=O) groups excluding carboxylic acids is 2. The van der Waals surface area contributed by atoms with Crippen molar-refractivity contribution in [3.05, 3.63) is 64.0 Å². The summed E-state index contributed by atoms with van der Waals surface area (Å²) in [5.74, 6) is -0.867. The normalized spacial score (nSPS) is 14.5. The molecule has 0 fully saturated rings. The average Bonchev–Trinajstić information content (AvgIpc) is 3.57. The summed E-state index contributed by atoms with van der Waals surface area (Å²) in [6.45, 7) is 6.38. The van der Waals surface area contributed by atoms with Crippen LogP contribution in [0.25, 0.3) is 21.5 Å². The van der Waals surface area contributed by atoms with Crippen LogP contribution in [0.15, 0.2) is 47.2 Å². The molecule has 0 spiro atoms. The summed E-state index contributed by atoms with van der Waals surface area (Å²) < 4.78 is 5.82. The fourth-order valence-corrected chi connectivity index (χ4v) is 5.79. The second-order valence-corrected chi connectivity index (χ2v) is 10.2. The van der Waals surface area contributed by atoms with Gasteiger partial charge in [0.25, 0.3) is 5.91 Å². The number of amides is 1. The number of pyridine rings is 1. The highest BCUT2D eigenvalue weighted by Gasteiger charge is 2.29. The third-order valence-electron chi connectivity index (χ3n) is 6.20. The maximum absolute atomic E-state index is 13.6. The number of hydrogen-bond acceptors (Lipinski definition) is 8. The molecule has 9 heteroatoms. The van der Waals surface area contributed by atoms with E-state index in [0.29, 0.717) is 23.7 Å². The van der Waals surface area contributed by atoms with Gasteiger partial charge >= 0.3 is 5.97 Å². The van der Waals surface area contributed by atoms with Crippen molar-refractivity contribution in [3.63, 3.8) is 0 Å². The molecular formula is C26H26N4O3S2. The number of likely N-dealkylation sites (N-methyl/N-ethyl adjacent to an activating group) is 1. The number of benzene rings is 1. The largest absolute Gasteiger partial charge is 0.449 e. The molecule has 1 aliphatic heterocycles. The van der Waals surface area contributed by atoms with Crippen molar-refractivity contribution < 1.29 is 14.3 Å². The molecule has 1 amide bonds. The smallest absolute Gasteiger partial charge is 0.340 e. The van der Waals surface area contributed by atoms with Gasteiger partial charge in [-0.25, -0.2) is 9.78 Å². The number of thiophene rings is 1. The van der Waals surface area contributed by atoms with Gasteiger partial charge in [-0.2, -0.15) is 0 Å². The van der Waals surface area contributed by atoms with Crippen molar-refractivity contribution in [2.45, 2.75) is 39.3 Å². The van der Waals surface area contributed by atoms with E-state index < -0.39 is 12.1 Å². The highest BCUT2D eigenvalue weighted by atomic mass is 32.1. The van der Waals surface area contributed by atoms with Gasteiger partial charge in [0.05, 0.1) is 21.7 Å². The van der Waals surface area contributed by atoms with Crippen LogP contribution in [0.4, 0.5) is 5.13 Å². The molecular weight excluding hydrogens is 480 g/mol. The van der Waals surface area contributed by atoms with E-state index in [4.69, 9.17) is 9.72 Å². The summed E-state index contributed by atoms with van der Waals surface area (Å²) in [5, 5.41) is 7.96. The van der Waals surface area contributed by atoms with Crippen molar-refractivity contribution in [1.29, 1.82) is 0 Å². The summed E-state index contributed by atoms with van der Waals surface area (Å²) >= 11 is 2.94. The van der Waals surface area contributed by atoms with Gasteiger partial charge in [-0.15, -0.1) is 22.7 Å². The van der Waals surface area contributed by atoms with E-state index >= 15 is 0 Å². The van der Waals surface area contributed by atoms with Crippen LogP contribution in [0.3, 0.4) is 0 Å². The monoisotopic (exact) mass is 506 g/mol. The van der Waals surface area contributed by atoms with E-state index in [2.05, 4.69) is 22.1 Å². The Morgan fingerprint density at radius 2 is 2.00 bits per heavy atom. The molecule has 4 aromatic rings. The predicted octanol–water partition coefficient (Wildman–Crippen LogP) is 5.37. The van der Waals surface area contributed by atoms with Gasteiger partial charge in [0, 0.05) is 41.5 Å². The third-order valence-corrected chi connectivity index (χ3v) is 7.85. The number of ether oxygens (including phenoxy) is 1. The van der Waals surface area contributed by atoms with Crippen molar-refractivity contribution in [2.75, 3.05) is 18.4 Å². The number of aromatic nitrogens is 2. The molecule has 0 aliphatic carbocycles. The van der Waals surface area contributed by atoms with Crippen LogP contribution < -0.4 is 5.32 Å². The fourth-order valence-electron chi connectivity index (χ4n) is 4.31. The molecule has 0 saturated heterocycles. The first-order valence-electron chi connectivity index (χ1n) is 11.7. The molecule has 1 unspecified atom stereocenters. The lowest BCUT2D eigenvalue weighted by molar-refractivity contribution is -0.124. The summed E-state index contributed by atoms with van der Waals surface area (Å²) in [5.41, 5.74) is 3.94. The third kappa shape index (κ3) is 4.84. The highest BCUT2D eigenvalue weighted by Crippen LogP contribution is 2.30. The molecule has 1 aromatic carbocycles. The molecule has 35 heavy (non-hydrogen) atoms. The number of hydrogen-bond donors (Lipinski definition) is 1. The minimum absolute atomic E-state index is 0.354. The lowest BCUT2D eigenvalue weighted by Gasteiger charge is -2.29. The number of para-hydroxylation sites is 1. The zero-order valence-corrected chi connectivity index (χ0v) is 21.2. The van der Waals surface area contributed by atoms with E-state index in [1.165, 1.54) is 11.3 Å². The number of carbonyl (C=O) groups is 2. The first-order chi connectivity index (χ1) is 17.1. The first-order valence-corrected chi connectivity index (χ1v) is 13.5. The number of esters is 1. The Morgan fingerprint density at radius 1 is 1.14 bits per heavy atom. The van der Waals surface area contributed by atoms with Gasteiger partial charge in [0.2, 0.25) is 0 Å². The summed E-state index contributed by atoms with van der Waals surface area (Å²) in [6, 6.07) is 11.6. The summed E-state index contributed by atoms with van der Waals surface area (Å²) in [7, 11) is 0. The van der Waals surface area contributed by atoms with Crippen LogP contribution in [0.5, 0.6) is 0 Å². The average molecular weight is 507 g/mol. The fraction of sp³-hybridized carbons (Fsp3) is 0.308. The number of nitrogens with one attached hydrogen (secondary N) is 1. The topological polar surface area (TPSA) is 84.4 Å². The van der Waals surface area contributed by atoms with Crippen LogP contribution in [0.1, 0.15) is 41.9 Å². The van der Waals surface area contributed by atoms with E-state index in [1.807, 2.05) is 54.1 Å². The lowest BCUT2D eigenvalue weighted by atomic mass is 9.95. The minimum Gasteiger partial charge on any atom is -0.449 e. The second kappa shape index (κ2) is 10.2. The number of rotatable bonds is 7. The van der Waals surface area contributed by atoms with Crippen molar-refractivity contribution >= 4 is 50.6 Å². The van der Waals surface area contributed by atoms with Gasteiger partial charge < -0.3 is 4.74 Å². The number of anilines is 1. The molecule has 0 saturated carbocycles. The molecule has 180 valence electrons. The number of thiazole rings is 1. The zero-order chi connectivity index (χ0) is 24.4. The Hall–Kier alpha value is -3.14. The Labute approximate surface area is 211 Å². The van der Waals surface area contributed by atoms with E-state index in [-0.39, 0.29) is 5.91 Å². The van der Waals surface area contributed by atoms with Crippen LogP contribution in [-0.4, -0.2) is 45.9 Å². The van der Waals surface area contributed by atoms with E-state index in [0.717, 1.165) is 52.2 Å². The Bertz CT molecular complexity index is 1370. The van der Waals surface area contributed by atoms with E-state index in [1.54, 1.807) is 11.3 Å². The lowest BCUT2D eigenvalue weighted by Crippen LogP contribution is -2.35. The molecule has 4 heterocycles. The van der Waals surface area contributed by atoms with Crippen molar-refractivity contribution in [3.8, 4) is 10.6 Å². The Balaban J connectivity index is 1.39.